The molecule has 0 bridgehead atoms. The Kier molecular flexibility index (Phi) is 8.24. The average Bonchev–Trinajstić information content (AvgIpc) is 3.45. The van der Waals surface area contributed by atoms with Gasteiger partial charge in [0, 0.05) is 50.7 Å². The highest BCUT2D eigenvalue weighted by molar-refractivity contribution is 5.83. The van der Waals surface area contributed by atoms with Crippen LogP contribution in [-0.2, 0) is 16.0 Å². The Bertz CT molecular complexity index is 1210. The number of imidazole rings is 1. The van der Waals surface area contributed by atoms with Crippen molar-refractivity contribution in [2.24, 2.45) is 0 Å². The second-order valence-corrected chi connectivity index (χ2v) is 8.74. The van der Waals surface area contributed by atoms with Gasteiger partial charge >= 0.3 is 0 Å². The van der Waals surface area contributed by atoms with Gasteiger partial charge in [0.05, 0.1) is 23.1 Å². The summed E-state index contributed by atoms with van der Waals surface area (Å²) in [7, 11) is 0. The minimum absolute atomic E-state index is 0.0212. The fraction of sp³-hybridized carbons (Fsp3) is 0.423. The summed E-state index contributed by atoms with van der Waals surface area (Å²) in [6.45, 7) is 5.63. The number of hydrogen-bond donors (Lipinski definition) is 3. The highest BCUT2D eigenvalue weighted by Crippen LogP contribution is 2.39. The molecule has 0 spiro atoms. The number of halogens is 1. The zero-order valence-corrected chi connectivity index (χ0v) is 20.7. The van der Waals surface area contributed by atoms with Crippen molar-refractivity contribution < 1.29 is 14.0 Å². The van der Waals surface area contributed by atoms with Gasteiger partial charge in [0.15, 0.2) is 0 Å². The lowest BCUT2D eigenvalue weighted by molar-refractivity contribution is -0.126. The number of carbonyl (C=O) groups excluding carboxylic acids is 2. The maximum atomic E-state index is 13.6. The standard InChI is InChI=1S/C26H32FN7O2/c1-3-14-29-26-30-15-13-20(32-26)25-24(17-5-7-18(27)8-6-17)33-21-10-9-19(34(21)25)16-31-23(36)12-11-22(35)28-4-2/h5-8,13,15,19H,3-4,9-12,14,16H2,1-2H3,(H,28,35)(H,31,36)(H,29,30,32). The number of aryl methyl sites for hydroxylation is 1. The highest BCUT2D eigenvalue weighted by Gasteiger charge is 2.31. The number of aromatic nitrogens is 4. The smallest absolute Gasteiger partial charge is 0.223 e. The number of benzene rings is 1. The summed E-state index contributed by atoms with van der Waals surface area (Å²) in [5, 5.41) is 8.90. The van der Waals surface area contributed by atoms with Crippen molar-refractivity contribution in [3.8, 4) is 22.6 Å². The summed E-state index contributed by atoms with van der Waals surface area (Å²) in [5.74, 6) is 0.820. The van der Waals surface area contributed by atoms with Crippen LogP contribution in [0.5, 0.6) is 0 Å². The largest absolute Gasteiger partial charge is 0.356 e. The Morgan fingerprint density at radius 2 is 1.81 bits per heavy atom. The Morgan fingerprint density at radius 1 is 1.06 bits per heavy atom. The number of rotatable bonds is 11. The minimum Gasteiger partial charge on any atom is -0.356 e. The lowest BCUT2D eigenvalue weighted by Crippen LogP contribution is -2.31. The van der Waals surface area contributed by atoms with Crippen molar-refractivity contribution >= 4 is 17.8 Å². The first-order chi connectivity index (χ1) is 17.5. The molecule has 1 unspecified atom stereocenters. The molecule has 36 heavy (non-hydrogen) atoms. The minimum atomic E-state index is -0.312. The van der Waals surface area contributed by atoms with Gasteiger partial charge in [-0.15, -0.1) is 0 Å². The summed E-state index contributed by atoms with van der Waals surface area (Å²) in [5.41, 5.74) is 3.03. The summed E-state index contributed by atoms with van der Waals surface area (Å²) in [4.78, 5) is 38.1. The SMILES string of the molecule is CCCNc1nccc(-c2c(-c3ccc(F)cc3)nc3n2C(CNC(=O)CCC(=O)NCC)CC3)n1. The van der Waals surface area contributed by atoms with E-state index >= 15 is 0 Å². The van der Waals surface area contributed by atoms with Gasteiger partial charge in [0.1, 0.15) is 11.6 Å². The lowest BCUT2D eigenvalue weighted by Gasteiger charge is -2.18. The molecule has 1 atom stereocenters. The molecule has 4 rings (SSSR count). The van der Waals surface area contributed by atoms with E-state index in [-0.39, 0.29) is 36.5 Å². The van der Waals surface area contributed by atoms with Gasteiger partial charge in [-0.2, -0.15) is 0 Å². The van der Waals surface area contributed by atoms with Gasteiger partial charge in [-0.3, -0.25) is 9.59 Å². The van der Waals surface area contributed by atoms with Crippen LogP contribution in [0.15, 0.2) is 36.5 Å². The molecule has 10 heteroatoms. The fourth-order valence-corrected chi connectivity index (χ4v) is 4.37. The third kappa shape index (κ3) is 5.87. The molecule has 3 N–H and O–H groups in total. The van der Waals surface area contributed by atoms with Gasteiger partial charge in [0.25, 0.3) is 0 Å². The van der Waals surface area contributed by atoms with Crippen LogP contribution in [0.25, 0.3) is 22.6 Å². The van der Waals surface area contributed by atoms with Crippen molar-refractivity contribution in [2.45, 2.75) is 52.0 Å². The number of fused-ring (bicyclic) bond motifs is 1. The number of hydrogen-bond acceptors (Lipinski definition) is 6. The molecule has 2 amide bonds. The second-order valence-electron chi connectivity index (χ2n) is 8.74. The molecule has 0 aliphatic carbocycles. The zero-order valence-electron chi connectivity index (χ0n) is 20.7. The average molecular weight is 494 g/mol. The topological polar surface area (TPSA) is 114 Å². The van der Waals surface area contributed by atoms with Gasteiger partial charge in [-0.05, 0) is 50.1 Å². The maximum Gasteiger partial charge on any atom is 0.223 e. The van der Waals surface area contributed by atoms with Crippen LogP contribution in [0.3, 0.4) is 0 Å². The first-order valence-electron chi connectivity index (χ1n) is 12.5. The quantitative estimate of drug-likeness (QED) is 0.377. The molecular formula is C26H32FN7O2. The van der Waals surface area contributed by atoms with Crippen molar-refractivity contribution in [1.29, 1.82) is 0 Å². The van der Waals surface area contributed by atoms with E-state index in [0.717, 1.165) is 48.6 Å². The van der Waals surface area contributed by atoms with E-state index in [2.05, 4.69) is 32.4 Å². The van der Waals surface area contributed by atoms with Crippen LogP contribution in [-0.4, -0.2) is 51.0 Å². The first kappa shape index (κ1) is 25.3. The number of carbonyl (C=O) groups is 2. The molecular weight excluding hydrogens is 461 g/mol. The second kappa shape index (κ2) is 11.7. The first-order valence-corrected chi connectivity index (χ1v) is 12.5. The lowest BCUT2D eigenvalue weighted by atomic mass is 10.1. The summed E-state index contributed by atoms with van der Waals surface area (Å²) in [6, 6.07) is 8.09. The van der Waals surface area contributed by atoms with Crippen LogP contribution >= 0.6 is 0 Å². The van der Waals surface area contributed by atoms with E-state index in [1.54, 1.807) is 18.3 Å². The number of anilines is 1. The van der Waals surface area contributed by atoms with Crippen LogP contribution < -0.4 is 16.0 Å². The number of nitrogens with zero attached hydrogens (tertiary/aromatic N) is 4. The fourth-order valence-electron chi connectivity index (χ4n) is 4.37. The molecule has 0 radical (unpaired) electrons. The molecule has 1 aliphatic rings. The molecule has 0 fully saturated rings. The molecule has 1 aliphatic heterocycles. The van der Waals surface area contributed by atoms with Gasteiger partial charge in [-0.25, -0.2) is 19.3 Å². The molecule has 0 saturated heterocycles. The van der Waals surface area contributed by atoms with E-state index in [0.29, 0.717) is 24.7 Å². The molecule has 9 nitrogen and oxygen atoms in total. The summed E-state index contributed by atoms with van der Waals surface area (Å²) in [6.07, 6.45) is 4.53. The monoisotopic (exact) mass is 493 g/mol. The van der Waals surface area contributed by atoms with Crippen molar-refractivity contribution in [3.05, 3.63) is 48.2 Å². The maximum absolute atomic E-state index is 13.6. The Labute approximate surface area is 210 Å². The van der Waals surface area contributed by atoms with Gasteiger partial charge in [0.2, 0.25) is 17.8 Å². The van der Waals surface area contributed by atoms with E-state index in [1.807, 2.05) is 13.0 Å². The molecule has 190 valence electrons. The van der Waals surface area contributed by atoms with Crippen LogP contribution in [0.2, 0.25) is 0 Å². The van der Waals surface area contributed by atoms with Crippen LogP contribution in [0.1, 0.15) is 51.4 Å². The Hall–Kier alpha value is -3.82. The van der Waals surface area contributed by atoms with E-state index in [4.69, 9.17) is 9.97 Å². The molecule has 0 saturated carbocycles. The van der Waals surface area contributed by atoms with Crippen molar-refractivity contribution in [2.75, 3.05) is 25.0 Å². The third-order valence-corrected chi connectivity index (χ3v) is 6.09. The molecule has 1 aromatic carbocycles. The zero-order chi connectivity index (χ0) is 25.5. The van der Waals surface area contributed by atoms with E-state index in [9.17, 15) is 14.0 Å². The molecule has 3 aromatic rings. The summed E-state index contributed by atoms with van der Waals surface area (Å²) >= 11 is 0. The highest BCUT2D eigenvalue weighted by atomic mass is 19.1. The van der Waals surface area contributed by atoms with Gasteiger partial charge in [-0.1, -0.05) is 6.92 Å². The number of amides is 2. The van der Waals surface area contributed by atoms with Crippen molar-refractivity contribution in [3.63, 3.8) is 0 Å². The predicted molar refractivity (Wildman–Crippen MR) is 136 cm³/mol. The van der Waals surface area contributed by atoms with Gasteiger partial charge < -0.3 is 20.5 Å². The van der Waals surface area contributed by atoms with Crippen LogP contribution in [0, 0.1) is 5.82 Å². The van der Waals surface area contributed by atoms with E-state index < -0.39 is 0 Å². The molecule has 3 heterocycles. The van der Waals surface area contributed by atoms with E-state index in [1.165, 1.54) is 12.1 Å². The Balaban J connectivity index is 1.62. The van der Waals surface area contributed by atoms with Crippen LogP contribution in [0.4, 0.5) is 10.3 Å². The predicted octanol–water partition coefficient (Wildman–Crippen LogP) is 3.49. The summed E-state index contributed by atoms with van der Waals surface area (Å²) < 4.78 is 15.8. The number of nitrogens with one attached hydrogen (secondary N) is 3. The third-order valence-electron chi connectivity index (χ3n) is 6.09. The Morgan fingerprint density at radius 3 is 2.53 bits per heavy atom. The molecule has 2 aromatic heterocycles. The normalized spacial score (nSPS) is 14.4. The van der Waals surface area contributed by atoms with Crippen molar-refractivity contribution in [1.82, 2.24) is 30.2 Å².